The number of rotatable bonds is 3. The average Bonchev–Trinajstić information content (AvgIpc) is 2.93. The van der Waals surface area contributed by atoms with Gasteiger partial charge in [-0.05, 0) is 38.9 Å². The summed E-state index contributed by atoms with van der Waals surface area (Å²) in [6, 6.07) is 12.8. The lowest BCUT2D eigenvalue weighted by Crippen LogP contribution is -2.27. The van der Waals surface area contributed by atoms with Gasteiger partial charge in [0.15, 0.2) is 0 Å². The number of aryl methyl sites for hydroxylation is 1. The third-order valence-corrected chi connectivity index (χ3v) is 3.94. The van der Waals surface area contributed by atoms with Crippen molar-refractivity contribution in [3.8, 4) is 11.3 Å². The molecular formula is C16H21N3. The maximum atomic E-state index is 4.77. The topological polar surface area (TPSA) is 29.9 Å². The Balaban J connectivity index is 1.94. The van der Waals surface area contributed by atoms with E-state index in [0.29, 0.717) is 5.92 Å². The number of piperidine rings is 1. The summed E-state index contributed by atoms with van der Waals surface area (Å²) in [7, 11) is 0. The Hall–Kier alpha value is -1.61. The Morgan fingerprint density at radius 1 is 1.21 bits per heavy atom. The van der Waals surface area contributed by atoms with Crippen LogP contribution in [0.2, 0.25) is 0 Å². The Kier molecular flexibility index (Phi) is 3.65. The molecule has 1 saturated heterocycles. The molecule has 2 heterocycles. The van der Waals surface area contributed by atoms with Gasteiger partial charge in [-0.3, -0.25) is 4.68 Å². The second kappa shape index (κ2) is 5.57. The molecule has 0 amide bonds. The minimum atomic E-state index is 0.658. The van der Waals surface area contributed by atoms with E-state index in [-0.39, 0.29) is 0 Å². The molecule has 0 aliphatic carbocycles. The Labute approximate surface area is 114 Å². The molecule has 0 saturated carbocycles. The quantitative estimate of drug-likeness (QED) is 0.913. The normalized spacial score (nSPS) is 16.7. The highest BCUT2D eigenvalue weighted by Crippen LogP contribution is 2.29. The highest BCUT2D eigenvalue weighted by molar-refractivity contribution is 5.59. The zero-order valence-electron chi connectivity index (χ0n) is 11.5. The molecule has 3 nitrogen and oxygen atoms in total. The van der Waals surface area contributed by atoms with Crippen molar-refractivity contribution in [1.29, 1.82) is 0 Å². The Morgan fingerprint density at radius 2 is 1.95 bits per heavy atom. The monoisotopic (exact) mass is 255 g/mol. The summed E-state index contributed by atoms with van der Waals surface area (Å²) in [5, 5.41) is 8.20. The molecule has 3 rings (SSSR count). The number of hydrogen-bond donors (Lipinski definition) is 1. The van der Waals surface area contributed by atoms with Gasteiger partial charge < -0.3 is 5.32 Å². The first-order chi connectivity index (χ1) is 9.38. The third-order valence-electron chi connectivity index (χ3n) is 3.94. The van der Waals surface area contributed by atoms with Gasteiger partial charge in [-0.1, -0.05) is 30.3 Å². The second-order valence-electron chi connectivity index (χ2n) is 5.16. The zero-order chi connectivity index (χ0) is 13.1. The predicted octanol–water partition coefficient (Wildman–Crippen LogP) is 3.04. The molecule has 0 radical (unpaired) electrons. The van der Waals surface area contributed by atoms with Crippen LogP contribution >= 0.6 is 0 Å². The van der Waals surface area contributed by atoms with Gasteiger partial charge in [0.25, 0.3) is 0 Å². The zero-order valence-corrected chi connectivity index (χ0v) is 11.5. The second-order valence-corrected chi connectivity index (χ2v) is 5.16. The van der Waals surface area contributed by atoms with Crippen molar-refractivity contribution in [2.24, 2.45) is 0 Å². The van der Waals surface area contributed by atoms with Crippen LogP contribution in [0.4, 0.5) is 0 Å². The summed E-state index contributed by atoms with van der Waals surface area (Å²) in [6.07, 6.45) is 2.44. The molecule has 1 aromatic heterocycles. The van der Waals surface area contributed by atoms with Crippen LogP contribution in [-0.4, -0.2) is 22.9 Å². The van der Waals surface area contributed by atoms with Gasteiger partial charge in [0.1, 0.15) is 0 Å². The van der Waals surface area contributed by atoms with E-state index in [2.05, 4.69) is 47.3 Å². The summed E-state index contributed by atoms with van der Waals surface area (Å²) >= 11 is 0. The third kappa shape index (κ3) is 2.56. The smallest absolute Gasteiger partial charge is 0.0926 e. The van der Waals surface area contributed by atoms with Gasteiger partial charge in [-0.2, -0.15) is 5.10 Å². The summed E-state index contributed by atoms with van der Waals surface area (Å²) < 4.78 is 2.18. The van der Waals surface area contributed by atoms with Gasteiger partial charge in [-0.15, -0.1) is 0 Å². The molecule has 1 aliphatic heterocycles. The molecule has 100 valence electrons. The Morgan fingerprint density at radius 3 is 2.63 bits per heavy atom. The lowest BCUT2D eigenvalue weighted by molar-refractivity contribution is 0.432. The molecular weight excluding hydrogens is 234 g/mol. The van der Waals surface area contributed by atoms with E-state index in [1.165, 1.54) is 24.1 Å². The van der Waals surface area contributed by atoms with Crippen LogP contribution in [0.15, 0.2) is 36.4 Å². The fourth-order valence-corrected chi connectivity index (χ4v) is 2.88. The first-order valence-electron chi connectivity index (χ1n) is 7.22. The number of hydrogen-bond acceptors (Lipinski definition) is 2. The number of benzene rings is 1. The summed E-state index contributed by atoms with van der Waals surface area (Å²) in [5.74, 6) is 0.658. The first-order valence-corrected chi connectivity index (χ1v) is 7.22. The van der Waals surface area contributed by atoms with Gasteiger partial charge in [-0.25, -0.2) is 0 Å². The molecule has 0 atom stereocenters. The largest absolute Gasteiger partial charge is 0.317 e. The Bertz CT molecular complexity index is 524. The minimum absolute atomic E-state index is 0.658. The molecule has 1 N–H and O–H groups in total. The van der Waals surface area contributed by atoms with Crippen LogP contribution in [0.1, 0.15) is 31.4 Å². The molecule has 0 unspecified atom stereocenters. The van der Waals surface area contributed by atoms with E-state index in [4.69, 9.17) is 5.10 Å². The van der Waals surface area contributed by atoms with Gasteiger partial charge in [0, 0.05) is 23.7 Å². The fraction of sp³-hybridized carbons (Fsp3) is 0.438. The SMILES string of the molecule is CCn1nc(-c2ccccc2)cc1C1CCNCC1. The minimum Gasteiger partial charge on any atom is -0.317 e. The van der Waals surface area contributed by atoms with Crippen LogP contribution < -0.4 is 5.32 Å². The van der Waals surface area contributed by atoms with Crippen molar-refractivity contribution in [2.75, 3.05) is 13.1 Å². The molecule has 0 bridgehead atoms. The number of aromatic nitrogens is 2. The van der Waals surface area contributed by atoms with Crippen molar-refractivity contribution >= 4 is 0 Å². The van der Waals surface area contributed by atoms with Crippen LogP contribution in [0.3, 0.4) is 0 Å². The molecule has 1 aromatic carbocycles. The van der Waals surface area contributed by atoms with Crippen molar-refractivity contribution in [3.63, 3.8) is 0 Å². The summed E-state index contributed by atoms with van der Waals surface area (Å²) in [4.78, 5) is 0. The van der Waals surface area contributed by atoms with Crippen LogP contribution in [0, 0.1) is 0 Å². The van der Waals surface area contributed by atoms with Crippen LogP contribution in [-0.2, 0) is 6.54 Å². The average molecular weight is 255 g/mol. The lowest BCUT2D eigenvalue weighted by Gasteiger charge is -2.23. The van der Waals surface area contributed by atoms with E-state index in [1.54, 1.807) is 0 Å². The summed E-state index contributed by atoms with van der Waals surface area (Å²) in [5.41, 5.74) is 3.73. The molecule has 3 heteroatoms. The van der Waals surface area contributed by atoms with Crippen molar-refractivity contribution in [1.82, 2.24) is 15.1 Å². The number of nitrogens with zero attached hydrogens (tertiary/aromatic N) is 2. The maximum Gasteiger partial charge on any atom is 0.0926 e. The standard InChI is InChI=1S/C16H21N3/c1-2-19-16(14-8-10-17-11-9-14)12-15(18-19)13-6-4-3-5-7-13/h3-7,12,14,17H,2,8-11H2,1H3. The molecule has 1 fully saturated rings. The van der Waals surface area contributed by atoms with E-state index < -0.39 is 0 Å². The predicted molar refractivity (Wildman–Crippen MR) is 78.2 cm³/mol. The van der Waals surface area contributed by atoms with Crippen molar-refractivity contribution in [3.05, 3.63) is 42.1 Å². The van der Waals surface area contributed by atoms with Gasteiger partial charge >= 0.3 is 0 Å². The molecule has 19 heavy (non-hydrogen) atoms. The summed E-state index contributed by atoms with van der Waals surface area (Å²) in [6.45, 7) is 5.37. The van der Waals surface area contributed by atoms with E-state index >= 15 is 0 Å². The molecule has 0 spiro atoms. The van der Waals surface area contributed by atoms with E-state index in [1.807, 2.05) is 6.07 Å². The highest BCUT2D eigenvalue weighted by Gasteiger charge is 2.20. The van der Waals surface area contributed by atoms with Gasteiger partial charge in [0.2, 0.25) is 0 Å². The maximum absolute atomic E-state index is 4.77. The van der Waals surface area contributed by atoms with Crippen molar-refractivity contribution in [2.45, 2.75) is 32.2 Å². The number of nitrogens with one attached hydrogen (secondary N) is 1. The van der Waals surface area contributed by atoms with Crippen LogP contribution in [0.25, 0.3) is 11.3 Å². The highest BCUT2D eigenvalue weighted by atomic mass is 15.3. The van der Waals surface area contributed by atoms with Crippen molar-refractivity contribution < 1.29 is 0 Å². The first kappa shape index (κ1) is 12.4. The van der Waals surface area contributed by atoms with E-state index in [0.717, 1.165) is 25.3 Å². The van der Waals surface area contributed by atoms with Crippen LogP contribution in [0.5, 0.6) is 0 Å². The molecule has 2 aromatic rings. The van der Waals surface area contributed by atoms with Gasteiger partial charge in [0.05, 0.1) is 5.69 Å². The fourth-order valence-electron chi connectivity index (χ4n) is 2.88. The molecule has 1 aliphatic rings. The lowest BCUT2D eigenvalue weighted by atomic mass is 9.94. The van der Waals surface area contributed by atoms with E-state index in [9.17, 15) is 0 Å².